The summed E-state index contributed by atoms with van der Waals surface area (Å²) in [6.07, 6.45) is 6.37. The zero-order chi connectivity index (χ0) is 13.1. The zero-order valence-electron chi connectivity index (χ0n) is 12.3. The van der Waals surface area contributed by atoms with E-state index in [1.165, 1.54) is 24.7 Å². The van der Waals surface area contributed by atoms with Crippen LogP contribution in [0, 0.1) is 17.8 Å². The van der Waals surface area contributed by atoms with Crippen molar-refractivity contribution < 1.29 is 9.31 Å². The predicted molar refractivity (Wildman–Crippen MR) is 74.2 cm³/mol. The highest BCUT2D eigenvalue weighted by Gasteiger charge is 2.53. The fraction of sp³-hybridized carbons (Fsp3) is 0.867. The second-order valence-corrected chi connectivity index (χ2v) is 7.53. The lowest BCUT2D eigenvalue weighted by molar-refractivity contribution is 0.00578. The molecule has 3 rings (SSSR count). The van der Waals surface area contributed by atoms with E-state index in [1.54, 1.807) is 0 Å². The molecule has 1 saturated heterocycles. The van der Waals surface area contributed by atoms with Gasteiger partial charge in [0.2, 0.25) is 0 Å². The molecule has 2 fully saturated rings. The highest BCUT2D eigenvalue weighted by molar-refractivity contribution is 6.54. The first-order valence-corrected chi connectivity index (χ1v) is 7.35. The van der Waals surface area contributed by atoms with E-state index >= 15 is 0 Å². The molecule has 1 saturated carbocycles. The summed E-state index contributed by atoms with van der Waals surface area (Å²) in [5.74, 6) is 2.54. The van der Waals surface area contributed by atoms with E-state index in [0.717, 1.165) is 17.8 Å². The number of hydrogen-bond acceptors (Lipinski definition) is 2. The quantitative estimate of drug-likeness (QED) is 0.660. The van der Waals surface area contributed by atoms with Crippen LogP contribution < -0.4 is 0 Å². The van der Waals surface area contributed by atoms with Crippen molar-refractivity contribution in [1.82, 2.24) is 0 Å². The van der Waals surface area contributed by atoms with Gasteiger partial charge in [-0.3, -0.25) is 0 Å². The zero-order valence-corrected chi connectivity index (χ0v) is 12.3. The third-order valence-electron chi connectivity index (χ3n) is 5.47. The minimum atomic E-state index is -0.205. The van der Waals surface area contributed by atoms with Crippen LogP contribution in [0.4, 0.5) is 0 Å². The van der Waals surface area contributed by atoms with Crippen LogP contribution >= 0.6 is 0 Å². The highest BCUT2D eigenvalue weighted by Crippen LogP contribution is 2.48. The molecule has 3 atom stereocenters. The van der Waals surface area contributed by atoms with Gasteiger partial charge in [0.15, 0.2) is 0 Å². The third-order valence-corrected chi connectivity index (χ3v) is 5.47. The molecule has 18 heavy (non-hydrogen) atoms. The van der Waals surface area contributed by atoms with Crippen LogP contribution in [-0.4, -0.2) is 18.3 Å². The predicted octanol–water partition coefficient (Wildman–Crippen LogP) is 3.61. The maximum atomic E-state index is 6.15. The van der Waals surface area contributed by atoms with Gasteiger partial charge in [-0.15, -0.1) is 0 Å². The van der Waals surface area contributed by atoms with Gasteiger partial charge in [0, 0.05) is 0 Å². The summed E-state index contributed by atoms with van der Waals surface area (Å²) >= 11 is 0. The Morgan fingerprint density at radius 3 is 2.28 bits per heavy atom. The van der Waals surface area contributed by atoms with Crippen molar-refractivity contribution in [1.29, 1.82) is 0 Å². The molecule has 3 heteroatoms. The molecule has 0 bridgehead atoms. The van der Waals surface area contributed by atoms with Crippen molar-refractivity contribution in [2.24, 2.45) is 17.8 Å². The maximum Gasteiger partial charge on any atom is 0.490 e. The Kier molecular flexibility index (Phi) is 2.73. The molecule has 1 aliphatic heterocycles. The minimum Gasteiger partial charge on any atom is -0.400 e. The summed E-state index contributed by atoms with van der Waals surface area (Å²) in [6.45, 7) is 10.9. The van der Waals surface area contributed by atoms with Crippen LogP contribution in [0.25, 0.3) is 0 Å². The number of allylic oxidation sites excluding steroid dienone is 2. The van der Waals surface area contributed by atoms with Crippen molar-refractivity contribution in [2.45, 2.75) is 65.1 Å². The third kappa shape index (κ3) is 1.87. The summed E-state index contributed by atoms with van der Waals surface area (Å²) in [5, 5.41) is 0. The first kappa shape index (κ1) is 12.7. The number of hydrogen-bond donors (Lipinski definition) is 0. The van der Waals surface area contributed by atoms with E-state index in [4.69, 9.17) is 9.31 Å². The van der Waals surface area contributed by atoms with E-state index in [-0.39, 0.29) is 18.3 Å². The van der Waals surface area contributed by atoms with Crippen LogP contribution in [0.3, 0.4) is 0 Å². The van der Waals surface area contributed by atoms with Crippen LogP contribution in [0.2, 0.25) is 0 Å². The number of rotatable bonds is 1. The smallest absolute Gasteiger partial charge is 0.400 e. The molecule has 0 radical (unpaired) electrons. The topological polar surface area (TPSA) is 18.5 Å². The Labute approximate surface area is 111 Å². The van der Waals surface area contributed by atoms with Gasteiger partial charge in [-0.1, -0.05) is 13.0 Å². The lowest BCUT2D eigenvalue weighted by atomic mass is 9.76. The molecule has 0 aromatic rings. The summed E-state index contributed by atoms with van der Waals surface area (Å²) in [6, 6.07) is 0. The van der Waals surface area contributed by atoms with Crippen molar-refractivity contribution in [3.05, 3.63) is 11.5 Å². The molecule has 2 nitrogen and oxygen atoms in total. The molecular weight excluding hydrogens is 223 g/mol. The molecule has 0 aromatic heterocycles. The summed E-state index contributed by atoms with van der Waals surface area (Å²) in [4.78, 5) is 0. The summed E-state index contributed by atoms with van der Waals surface area (Å²) in [7, 11) is -0.101. The van der Waals surface area contributed by atoms with E-state index in [0.29, 0.717) is 0 Å². The maximum absolute atomic E-state index is 6.15. The van der Waals surface area contributed by atoms with E-state index in [1.807, 2.05) is 0 Å². The fourth-order valence-corrected chi connectivity index (χ4v) is 3.70. The molecule has 2 aliphatic carbocycles. The van der Waals surface area contributed by atoms with Gasteiger partial charge in [0.25, 0.3) is 0 Å². The van der Waals surface area contributed by atoms with Crippen molar-refractivity contribution in [2.75, 3.05) is 0 Å². The Morgan fingerprint density at radius 2 is 1.72 bits per heavy atom. The van der Waals surface area contributed by atoms with Gasteiger partial charge < -0.3 is 9.31 Å². The lowest BCUT2D eigenvalue weighted by Crippen LogP contribution is -2.41. The normalized spacial score (nSPS) is 41.1. The second kappa shape index (κ2) is 3.86. The fourth-order valence-electron chi connectivity index (χ4n) is 3.70. The molecule has 100 valence electrons. The Morgan fingerprint density at radius 1 is 1.11 bits per heavy atom. The molecule has 0 aromatic carbocycles. The Bertz CT molecular complexity index is 370. The standard InChI is InChI=1S/C15H25BO2/c1-10-6-11-8-13(9-12(11)7-10)16-17-14(2,3)15(4,5)18-16/h8,10-12H,6-7,9H2,1-5H3. The van der Waals surface area contributed by atoms with Crippen molar-refractivity contribution in [3.8, 4) is 0 Å². The van der Waals surface area contributed by atoms with Gasteiger partial charge in [-0.2, -0.15) is 0 Å². The van der Waals surface area contributed by atoms with Crippen molar-refractivity contribution in [3.63, 3.8) is 0 Å². The summed E-state index contributed by atoms with van der Waals surface area (Å²) < 4.78 is 12.3. The van der Waals surface area contributed by atoms with Crippen LogP contribution in [0.1, 0.15) is 53.9 Å². The van der Waals surface area contributed by atoms with Crippen LogP contribution in [-0.2, 0) is 9.31 Å². The Balaban J connectivity index is 1.74. The average molecular weight is 248 g/mol. The molecule has 0 spiro atoms. The van der Waals surface area contributed by atoms with Crippen LogP contribution in [0.15, 0.2) is 11.5 Å². The molecular formula is C15H25BO2. The summed E-state index contributed by atoms with van der Waals surface area (Å²) in [5.41, 5.74) is 0.989. The van der Waals surface area contributed by atoms with E-state index in [2.05, 4.69) is 40.7 Å². The average Bonchev–Trinajstić information content (AvgIpc) is 2.77. The lowest BCUT2D eigenvalue weighted by Gasteiger charge is -2.32. The highest BCUT2D eigenvalue weighted by atomic mass is 16.7. The van der Waals surface area contributed by atoms with Gasteiger partial charge in [-0.05, 0) is 70.2 Å². The SMILES string of the molecule is CC1CC2C=C(B3OC(C)(C)C(C)(C)O3)CC2C1. The molecule has 1 heterocycles. The molecule has 3 unspecified atom stereocenters. The van der Waals surface area contributed by atoms with Crippen molar-refractivity contribution >= 4 is 7.12 Å². The first-order valence-electron chi connectivity index (χ1n) is 7.35. The largest absolute Gasteiger partial charge is 0.490 e. The monoisotopic (exact) mass is 248 g/mol. The van der Waals surface area contributed by atoms with E-state index < -0.39 is 0 Å². The molecule has 3 aliphatic rings. The van der Waals surface area contributed by atoms with Gasteiger partial charge >= 0.3 is 7.12 Å². The Hall–Kier alpha value is -0.275. The van der Waals surface area contributed by atoms with E-state index in [9.17, 15) is 0 Å². The van der Waals surface area contributed by atoms with Gasteiger partial charge in [-0.25, -0.2) is 0 Å². The van der Waals surface area contributed by atoms with Gasteiger partial charge in [0.1, 0.15) is 0 Å². The van der Waals surface area contributed by atoms with Crippen LogP contribution in [0.5, 0.6) is 0 Å². The molecule has 0 amide bonds. The number of fused-ring (bicyclic) bond motifs is 1. The van der Waals surface area contributed by atoms with Gasteiger partial charge in [0.05, 0.1) is 11.2 Å². The minimum absolute atomic E-state index is 0.101. The first-order chi connectivity index (χ1) is 8.28. The second-order valence-electron chi connectivity index (χ2n) is 7.53. The molecule has 0 N–H and O–H groups in total.